The summed E-state index contributed by atoms with van der Waals surface area (Å²) < 4.78 is 15.7. The van der Waals surface area contributed by atoms with Crippen molar-refractivity contribution in [1.29, 1.82) is 0 Å². The standard InChI is InChI=1S/C19H18N2O4/c1-23-17-11-13(8-10-19(22)24-2)7-9-16(17)25-12-18-20-14-5-3-4-6-15(14)21-18/h3-11H,12H2,1-2H3,(H,20,21)/b10-8+. The summed E-state index contributed by atoms with van der Waals surface area (Å²) in [5.41, 5.74) is 2.67. The maximum absolute atomic E-state index is 11.2. The van der Waals surface area contributed by atoms with Crippen LogP contribution in [0.2, 0.25) is 0 Å². The smallest absolute Gasteiger partial charge is 0.330 e. The Balaban J connectivity index is 1.73. The fraction of sp³-hybridized carbons (Fsp3) is 0.158. The normalized spacial score (nSPS) is 11.0. The fourth-order valence-electron chi connectivity index (χ4n) is 2.36. The van der Waals surface area contributed by atoms with Gasteiger partial charge in [0.2, 0.25) is 0 Å². The zero-order valence-corrected chi connectivity index (χ0v) is 14.0. The summed E-state index contributed by atoms with van der Waals surface area (Å²) in [7, 11) is 2.90. The zero-order valence-electron chi connectivity index (χ0n) is 14.0. The lowest BCUT2D eigenvalue weighted by atomic mass is 10.2. The molecule has 1 aromatic heterocycles. The molecular formula is C19H18N2O4. The monoisotopic (exact) mass is 338 g/mol. The Morgan fingerprint density at radius 1 is 1.16 bits per heavy atom. The first-order chi connectivity index (χ1) is 12.2. The first-order valence-electron chi connectivity index (χ1n) is 7.70. The Labute approximate surface area is 145 Å². The number of ether oxygens (including phenoxy) is 3. The van der Waals surface area contributed by atoms with Crippen LogP contribution in [0.5, 0.6) is 11.5 Å². The molecule has 0 saturated carbocycles. The minimum atomic E-state index is -0.413. The van der Waals surface area contributed by atoms with Gasteiger partial charge in [-0.25, -0.2) is 9.78 Å². The first kappa shape index (κ1) is 16.6. The van der Waals surface area contributed by atoms with E-state index in [1.807, 2.05) is 30.3 Å². The van der Waals surface area contributed by atoms with Crippen LogP contribution in [-0.4, -0.2) is 30.2 Å². The van der Waals surface area contributed by atoms with Crippen LogP contribution >= 0.6 is 0 Å². The topological polar surface area (TPSA) is 73.4 Å². The van der Waals surface area contributed by atoms with E-state index in [4.69, 9.17) is 9.47 Å². The molecule has 2 aromatic carbocycles. The highest BCUT2D eigenvalue weighted by Crippen LogP contribution is 2.29. The van der Waals surface area contributed by atoms with Crippen molar-refractivity contribution in [1.82, 2.24) is 9.97 Å². The highest BCUT2D eigenvalue weighted by atomic mass is 16.5. The van der Waals surface area contributed by atoms with Gasteiger partial charge in [0.15, 0.2) is 11.5 Å². The molecule has 0 aliphatic heterocycles. The summed E-state index contributed by atoms with van der Waals surface area (Å²) in [6.45, 7) is 0.294. The molecule has 1 heterocycles. The highest BCUT2D eigenvalue weighted by molar-refractivity contribution is 5.87. The van der Waals surface area contributed by atoms with Gasteiger partial charge in [-0.05, 0) is 35.9 Å². The number of imidazole rings is 1. The van der Waals surface area contributed by atoms with Crippen LogP contribution in [0.15, 0.2) is 48.5 Å². The average molecular weight is 338 g/mol. The van der Waals surface area contributed by atoms with Crippen LogP contribution in [0.1, 0.15) is 11.4 Å². The summed E-state index contributed by atoms with van der Waals surface area (Å²) in [6.07, 6.45) is 3.00. The van der Waals surface area contributed by atoms with Gasteiger partial charge in [0, 0.05) is 6.08 Å². The molecule has 0 atom stereocenters. The lowest BCUT2D eigenvalue weighted by molar-refractivity contribution is -0.134. The minimum absolute atomic E-state index is 0.294. The molecule has 3 aromatic rings. The molecule has 0 amide bonds. The largest absolute Gasteiger partial charge is 0.493 e. The predicted molar refractivity (Wildman–Crippen MR) is 94.5 cm³/mol. The van der Waals surface area contributed by atoms with Crippen molar-refractivity contribution >= 4 is 23.1 Å². The van der Waals surface area contributed by atoms with E-state index < -0.39 is 5.97 Å². The molecule has 3 rings (SSSR count). The average Bonchev–Trinajstić information content (AvgIpc) is 3.07. The number of aromatic nitrogens is 2. The Hall–Kier alpha value is -3.28. The molecule has 25 heavy (non-hydrogen) atoms. The molecular weight excluding hydrogens is 320 g/mol. The number of aromatic amines is 1. The van der Waals surface area contributed by atoms with Gasteiger partial charge in [-0.2, -0.15) is 0 Å². The van der Waals surface area contributed by atoms with Crippen molar-refractivity contribution in [3.8, 4) is 11.5 Å². The van der Waals surface area contributed by atoms with Crippen molar-refractivity contribution < 1.29 is 19.0 Å². The molecule has 128 valence electrons. The minimum Gasteiger partial charge on any atom is -0.493 e. The summed E-state index contributed by atoms with van der Waals surface area (Å²) in [4.78, 5) is 18.9. The van der Waals surface area contributed by atoms with Gasteiger partial charge >= 0.3 is 5.97 Å². The number of hydrogen-bond acceptors (Lipinski definition) is 5. The summed E-state index contributed by atoms with van der Waals surface area (Å²) >= 11 is 0. The third-order valence-electron chi connectivity index (χ3n) is 3.60. The van der Waals surface area contributed by atoms with Crippen molar-refractivity contribution in [2.45, 2.75) is 6.61 Å². The molecule has 0 saturated heterocycles. The van der Waals surface area contributed by atoms with Crippen molar-refractivity contribution in [2.75, 3.05) is 14.2 Å². The van der Waals surface area contributed by atoms with Crippen LogP contribution in [0.25, 0.3) is 17.1 Å². The molecule has 0 aliphatic rings. The van der Waals surface area contributed by atoms with E-state index in [-0.39, 0.29) is 0 Å². The van der Waals surface area contributed by atoms with E-state index in [2.05, 4.69) is 14.7 Å². The van der Waals surface area contributed by atoms with E-state index in [1.54, 1.807) is 25.3 Å². The van der Waals surface area contributed by atoms with E-state index in [9.17, 15) is 4.79 Å². The molecule has 0 fully saturated rings. The number of methoxy groups -OCH3 is 2. The quantitative estimate of drug-likeness (QED) is 0.551. The third-order valence-corrected chi connectivity index (χ3v) is 3.60. The zero-order chi connectivity index (χ0) is 17.6. The van der Waals surface area contributed by atoms with Gasteiger partial charge in [-0.3, -0.25) is 0 Å². The maximum atomic E-state index is 11.2. The van der Waals surface area contributed by atoms with Gasteiger partial charge in [0.1, 0.15) is 12.4 Å². The second-order valence-corrected chi connectivity index (χ2v) is 5.26. The molecule has 0 unspecified atom stereocenters. The third kappa shape index (κ3) is 3.98. The number of hydrogen-bond donors (Lipinski definition) is 1. The van der Waals surface area contributed by atoms with Crippen molar-refractivity contribution in [2.24, 2.45) is 0 Å². The molecule has 0 aliphatic carbocycles. The maximum Gasteiger partial charge on any atom is 0.330 e. The fourth-order valence-corrected chi connectivity index (χ4v) is 2.36. The van der Waals surface area contributed by atoms with E-state index in [0.717, 1.165) is 22.4 Å². The van der Waals surface area contributed by atoms with Gasteiger partial charge < -0.3 is 19.2 Å². The molecule has 6 nitrogen and oxygen atoms in total. The lowest BCUT2D eigenvalue weighted by Gasteiger charge is -2.10. The molecule has 1 N–H and O–H groups in total. The van der Waals surface area contributed by atoms with Crippen LogP contribution in [0, 0.1) is 0 Å². The van der Waals surface area contributed by atoms with E-state index in [1.165, 1.54) is 13.2 Å². The number of esters is 1. The number of H-pyrrole nitrogens is 1. The number of rotatable bonds is 6. The number of benzene rings is 2. The lowest BCUT2D eigenvalue weighted by Crippen LogP contribution is -1.99. The van der Waals surface area contributed by atoms with Gasteiger partial charge in [0.05, 0.1) is 25.3 Å². The Morgan fingerprint density at radius 3 is 2.76 bits per heavy atom. The Kier molecular flexibility index (Phi) is 4.99. The number of para-hydroxylation sites is 2. The van der Waals surface area contributed by atoms with Crippen molar-refractivity contribution in [3.05, 3.63) is 59.9 Å². The van der Waals surface area contributed by atoms with Gasteiger partial charge in [-0.15, -0.1) is 0 Å². The summed E-state index contributed by atoms with van der Waals surface area (Å²) in [6, 6.07) is 13.2. The van der Waals surface area contributed by atoms with Crippen LogP contribution in [0.4, 0.5) is 0 Å². The second-order valence-electron chi connectivity index (χ2n) is 5.26. The van der Waals surface area contributed by atoms with E-state index >= 15 is 0 Å². The predicted octanol–water partition coefficient (Wildman–Crippen LogP) is 3.34. The number of fused-ring (bicyclic) bond motifs is 1. The first-order valence-corrected chi connectivity index (χ1v) is 7.70. The van der Waals surface area contributed by atoms with Crippen LogP contribution in [0.3, 0.4) is 0 Å². The number of carbonyl (C=O) groups excluding carboxylic acids is 1. The van der Waals surface area contributed by atoms with Crippen LogP contribution in [-0.2, 0) is 16.1 Å². The molecule has 0 radical (unpaired) electrons. The number of nitrogens with zero attached hydrogens (tertiary/aromatic N) is 1. The molecule has 0 bridgehead atoms. The Morgan fingerprint density at radius 2 is 2.00 bits per heavy atom. The van der Waals surface area contributed by atoms with E-state index in [0.29, 0.717) is 18.1 Å². The van der Waals surface area contributed by atoms with Gasteiger partial charge in [0.25, 0.3) is 0 Å². The highest BCUT2D eigenvalue weighted by Gasteiger charge is 2.08. The molecule has 6 heteroatoms. The summed E-state index contributed by atoms with van der Waals surface area (Å²) in [5.74, 6) is 1.49. The molecule has 0 spiro atoms. The SMILES string of the molecule is COC(=O)/C=C/c1ccc(OCc2nc3ccccc3[nH]2)c(OC)c1. The second kappa shape index (κ2) is 7.53. The number of nitrogens with one attached hydrogen (secondary N) is 1. The number of carbonyl (C=O) groups is 1. The Bertz CT molecular complexity index is 882. The van der Waals surface area contributed by atoms with Crippen molar-refractivity contribution in [3.63, 3.8) is 0 Å². The van der Waals surface area contributed by atoms with Crippen LogP contribution < -0.4 is 9.47 Å². The summed E-state index contributed by atoms with van der Waals surface area (Å²) in [5, 5.41) is 0. The van der Waals surface area contributed by atoms with Gasteiger partial charge in [-0.1, -0.05) is 18.2 Å².